The largest absolute Gasteiger partial charge is 0.397 e. The molecule has 1 saturated carbocycles. The van der Waals surface area contributed by atoms with E-state index in [4.69, 9.17) is 17.3 Å². The van der Waals surface area contributed by atoms with Crippen LogP contribution in [0.4, 0.5) is 11.4 Å². The Hall–Kier alpha value is -1.26. The zero-order valence-electron chi connectivity index (χ0n) is 10.9. The van der Waals surface area contributed by atoms with Crippen LogP contribution in [0.15, 0.2) is 12.1 Å². The van der Waals surface area contributed by atoms with Gasteiger partial charge < -0.3 is 16.4 Å². The topological polar surface area (TPSA) is 67.2 Å². The Morgan fingerprint density at radius 3 is 2.89 bits per heavy atom. The van der Waals surface area contributed by atoms with E-state index >= 15 is 0 Å². The van der Waals surface area contributed by atoms with Crippen LogP contribution in [0.5, 0.6) is 0 Å². The molecule has 2 aliphatic rings. The number of hydrogen-bond acceptors (Lipinski definition) is 3. The van der Waals surface area contributed by atoms with Gasteiger partial charge in [0.1, 0.15) is 0 Å². The minimum absolute atomic E-state index is 0.0145. The number of halogens is 1. The maximum Gasteiger partial charge on any atom is 0.241 e. The molecule has 3 rings (SSSR count). The van der Waals surface area contributed by atoms with Crippen LogP contribution in [0.3, 0.4) is 0 Å². The van der Waals surface area contributed by atoms with Gasteiger partial charge in [0.05, 0.1) is 17.4 Å². The molecule has 4 N–H and O–H groups in total. The fourth-order valence-electron chi connectivity index (χ4n) is 3.03. The Labute approximate surface area is 117 Å². The zero-order valence-corrected chi connectivity index (χ0v) is 11.6. The van der Waals surface area contributed by atoms with Gasteiger partial charge in [-0.05, 0) is 55.8 Å². The summed E-state index contributed by atoms with van der Waals surface area (Å²) < 4.78 is 0. The molecule has 0 unspecified atom stereocenters. The lowest BCUT2D eigenvalue weighted by Crippen LogP contribution is -2.42. The summed E-state index contributed by atoms with van der Waals surface area (Å²) >= 11 is 6.00. The summed E-state index contributed by atoms with van der Waals surface area (Å²) in [6.45, 7) is 2.81. The second-order valence-corrected chi connectivity index (χ2v) is 5.92. The lowest BCUT2D eigenvalue weighted by Gasteiger charge is -2.32. The number of amides is 1. The van der Waals surface area contributed by atoms with Crippen molar-refractivity contribution in [3.63, 3.8) is 0 Å². The summed E-state index contributed by atoms with van der Waals surface area (Å²) in [6, 6.07) is 3.45. The smallest absolute Gasteiger partial charge is 0.241 e. The lowest BCUT2D eigenvalue weighted by molar-refractivity contribution is -0.119. The first kappa shape index (κ1) is 12.8. The molecule has 0 spiro atoms. The van der Waals surface area contributed by atoms with Gasteiger partial charge in [-0.2, -0.15) is 0 Å². The van der Waals surface area contributed by atoms with Gasteiger partial charge >= 0.3 is 0 Å². The molecule has 0 aromatic heterocycles. The molecule has 1 aliphatic carbocycles. The Balaban J connectivity index is 1.75. The summed E-state index contributed by atoms with van der Waals surface area (Å²) in [5, 5.41) is 6.84. The molecular weight excluding hydrogens is 262 g/mol. The highest BCUT2D eigenvalue weighted by Gasteiger charge is 2.45. The Morgan fingerprint density at radius 2 is 2.26 bits per heavy atom. The molecule has 1 aliphatic heterocycles. The van der Waals surface area contributed by atoms with E-state index in [0.29, 0.717) is 28.2 Å². The molecule has 19 heavy (non-hydrogen) atoms. The maximum atomic E-state index is 12.3. The number of carbonyl (C=O) groups is 1. The quantitative estimate of drug-likeness (QED) is 0.727. The van der Waals surface area contributed by atoms with Crippen molar-refractivity contribution < 1.29 is 4.79 Å². The lowest BCUT2D eigenvalue weighted by atomic mass is 9.73. The van der Waals surface area contributed by atoms with Crippen molar-refractivity contribution >= 4 is 28.9 Å². The third-order valence-corrected chi connectivity index (χ3v) is 4.90. The van der Waals surface area contributed by atoms with Gasteiger partial charge in [-0.25, -0.2) is 0 Å². The first-order valence-electron chi connectivity index (χ1n) is 6.66. The Bertz CT molecular complexity index is 532. The van der Waals surface area contributed by atoms with Gasteiger partial charge in [-0.3, -0.25) is 4.79 Å². The molecule has 0 bridgehead atoms. The van der Waals surface area contributed by atoms with Crippen molar-refractivity contribution in [2.75, 3.05) is 17.6 Å². The highest BCUT2D eigenvalue weighted by molar-refractivity contribution is 6.32. The minimum Gasteiger partial charge on any atom is -0.397 e. The molecule has 1 amide bonds. The SMILES string of the molecule is Cc1c(Cl)ccc(NC(=O)[C@H]2NC[C@@H]3CC[C@@H]32)c1N. The molecule has 3 atom stereocenters. The van der Waals surface area contributed by atoms with Gasteiger partial charge in [0, 0.05) is 5.02 Å². The Morgan fingerprint density at radius 1 is 1.47 bits per heavy atom. The van der Waals surface area contributed by atoms with E-state index in [9.17, 15) is 4.79 Å². The van der Waals surface area contributed by atoms with E-state index in [1.165, 1.54) is 6.42 Å². The maximum absolute atomic E-state index is 12.3. The fraction of sp³-hybridized carbons (Fsp3) is 0.500. The van der Waals surface area contributed by atoms with Crippen LogP contribution >= 0.6 is 11.6 Å². The molecule has 102 valence electrons. The number of fused-ring (bicyclic) bond motifs is 1. The van der Waals surface area contributed by atoms with E-state index in [1.807, 2.05) is 6.92 Å². The third-order valence-electron chi connectivity index (χ3n) is 4.49. The molecule has 5 heteroatoms. The van der Waals surface area contributed by atoms with Crippen LogP contribution in [0.25, 0.3) is 0 Å². The molecule has 1 heterocycles. The van der Waals surface area contributed by atoms with E-state index in [-0.39, 0.29) is 11.9 Å². The van der Waals surface area contributed by atoms with Crippen LogP contribution < -0.4 is 16.4 Å². The van der Waals surface area contributed by atoms with Crippen molar-refractivity contribution in [2.24, 2.45) is 11.8 Å². The van der Waals surface area contributed by atoms with Crippen LogP contribution in [-0.4, -0.2) is 18.5 Å². The Kier molecular flexibility index (Phi) is 3.15. The van der Waals surface area contributed by atoms with Crippen molar-refractivity contribution in [3.05, 3.63) is 22.7 Å². The molecule has 1 saturated heterocycles. The average molecular weight is 280 g/mol. The molecule has 4 nitrogen and oxygen atoms in total. The molecule has 2 fully saturated rings. The molecule has 1 aromatic carbocycles. The second-order valence-electron chi connectivity index (χ2n) is 5.51. The predicted octanol–water partition coefficient (Wildman–Crippen LogP) is 2.17. The van der Waals surface area contributed by atoms with Gasteiger partial charge in [-0.15, -0.1) is 0 Å². The number of nitrogens with two attached hydrogens (primary N) is 1. The average Bonchev–Trinajstić information content (AvgIpc) is 2.65. The van der Waals surface area contributed by atoms with Crippen LogP contribution in [-0.2, 0) is 4.79 Å². The monoisotopic (exact) mass is 279 g/mol. The highest BCUT2D eigenvalue weighted by Crippen LogP contribution is 2.41. The standard InChI is InChI=1S/C14H18ClN3O/c1-7-10(15)4-5-11(12(7)16)18-14(19)13-9-3-2-8(9)6-17-13/h4-5,8-9,13,17H,2-3,6,16H2,1H3,(H,18,19)/t8-,9-,13-/m0/s1. The number of benzene rings is 1. The fourth-order valence-corrected chi connectivity index (χ4v) is 3.19. The molecular formula is C14H18ClN3O. The number of rotatable bonds is 2. The van der Waals surface area contributed by atoms with Crippen LogP contribution in [0.2, 0.25) is 5.02 Å². The molecule has 1 aromatic rings. The minimum atomic E-state index is -0.0749. The van der Waals surface area contributed by atoms with E-state index < -0.39 is 0 Å². The van der Waals surface area contributed by atoms with E-state index in [2.05, 4.69) is 10.6 Å². The van der Waals surface area contributed by atoms with Crippen molar-refractivity contribution in [2.45, 2.75) is 25.8 Å². The highest BCUT2D eigenvalue weighted by atomic mass is 35.5. The van der Waals surface area contributed by atoms with Gasteiger partial charge in [0.15, 0.2) is 0 Å². The second kappa shape index (κ2) is 4.69. The summed E-state index contributed by atoms with van der Waals surface area (Å²) in [6.07, 6.45) is 2.38. The van der Waals surface area contributed by atoms with Crippen LogP contribution in [0.1, 0.15) is 18.4 Å². The summed E-state index contributed by atoms with van der Waals surface area (Å²) in [5.41, 5.74) is 7.99. The van der Waals surface area contributed by atoms with Gasteiger partial charge in [0.2, 0.25) is 5.91 Å². The third kappa shape index (κ3) is 2.09. The normalized spacial score (nSPS) is 28.6. The van der Waals surface area contributed by atoms with E-state index in [1.54, 1.807) is 12.1 Å². The summed E-state index contributed by atoms with van der Waals surface area (Å²) in [4.78, 5) is 12.3. The number of carbonyl (C=O) groups excluding carboxylic acids is 1. The summed E-state index contributed by atoms with van der Waals surface area (Å²) in [5.74, 6) is 1.19. The van der Waals surface area contributed by atoms with Crippen molar-refractivity contribution in [1.29, 1.82) is 0 Å². The zero-order chi connectivity index (χ0) is 13.6. The first-order valence-corrected chi connectivity index (χ1v) is 7.04. The first-order chi connectivity index (χ1) is 9.08. The number of hydrogen-bond donors (Lipinski definition) is 3. The number of nitrogens with one attached hydrogen (secondary N) is 2. The number of anilines is 2. The van der Waals surface area contributed by atoms with E-state index in [0.717, 1.165) is 18.5 Å². The summed E-state index contributed by atoms with van der Waals surface area (Å²) in [7, 11) is 0. The molecule has 0 radical (unpaired) electrons. The van der Waals surface area contributed by atoms with Gasteiger partial charge in [-0.1, -0.05) is 11.6 Å². The predicted molar refractivity (Wildman–Crippen MR) is 77.2 cm³/mol. The van der Waals surface area contributed by atoms with Gasteiger partial charge in [0.25, 0.3) is 0 Å². The van der Waals surface area contributed by atoms with Crippen molar-refractivity contribution in [3.8, 4) is 0 Å². The number of nitrogen functional groups attached to an aromatic ring is 1. The van der Waals surface area contributed by atoms with Crippen molar-refractivity contribution in [1.82, 2.24) is 5.32 Å². The van der Waals surface area contributed by atoms with Crippen LogP contribution in [0, 0.1) is 18.8 Å².